The Morgan fingerprint density at radius 1 is 1.19 bits per heavy atom. The van der Waals surface area contributed by atoms with E-state index in [1.165, 1.54) is 27.7 Å². The lowest BCUT2D eigenvalue weighted by Gasteiger charge is -2.29. The van der Waals surface area contributed by atoms with E-state index in [1.807, 2.05) is 0 Å². The van der Waals surface area contributed by atoms with Crippen LogP contribution in [0, 0.1) is 13.8 Å². The zero-order valence-corrected chi connectivity index (χ0v) is 12.7. The summed E-state index contributed by atoms with van der Waals surface area (Å²) < 4.78 is 5.39. The van der Waals surface area contributed by atoms with Crippen molar-refractivity contribution in [1.82, 2.24) is 15.2 Å². The second kappa shape index (κ2) is 5.00. The summed E-state index contributed by atoms with van der Waals surface area (Å²) in [5.41, 5.74) is 5.15. The van der Waals surface area contributed by atoms with Gasteiger partial charge in [-0.3, -0.25) is 5.01 Å². The van der Waals surface area contributed by atoms with Crippen LogP contribution in [0.25, 0.3) is 10.9 Å². The highest BCUT2D eigenvalue weighted by Gasteiger charge is 2.28. The SMILES string of the molecule is Cc1ccc2c(c(C3COC3)nn2N2CCNCC2)c1C. The van der Waals surface area contributed by atoms with Crippen molar-refractivity contribution in [3.05, 3.63) is 29.0 Å². The van der Waals surface area contributed by atoms with Gasteiger partial charge in [0.15, 0.2) is 0 Å². The summed E-state index contributed by atoms with van der Waals surface area (Å²) in [6.07, 6.45) is 0. The molecule has 1 aromatic heterocycles. The molecule has 2 aliphatic heterocycles. The molecule has 0 unspecified atom stereocenters. The number of hydrogen-bond donors (Lipinski definition) is 1. The van der Waals surface area contributed by atoms with Crippen LogP contribution in [0.3, 0.4) is 0 Å². The second-order valence-electron chi connectivity index (χ2n) is 6.11. The van der Waals surface area contributed by atoms with Crippen LogP contribution in [-0.4, -0.2) is 49.3 Å². The second-order valence-corrected chi connectivity index (χ2v) is 6.11. The normalized spacial score (nSPS) is 20.0. The molecule has 0 spiro atoms. The Balaban J connectivity index is 1.88. The van der Waals surface area contributed by atoms with Crippen LogP contribution < -0.4 is 10.3 Å². The van der Waals surface area contributed by atoms with Crippen molar-refractivity contribution >= 4 is 10.9 Å². The molecule has 21 heavy (non-hydrogen) atoms. The molecule has 2 fully saturated rings. The molecular formula is C16H22N4O. The number of ether oxygens (including phenoxy) is 1. The zero-order valence-electron chi connectivity index (χ0n) is 12.7. The number of nitrogens with zero attached hydrogens (tertiary/aromatic N) is 3. The summed E-state index contributed by atoms with van der Waals surface area (Å²) in [4.78, 5) is 2.14. The summed E-state index contributed by atoms with van der Waals surface area (Å²) in [5, 5.41) is 12.1. The minimum Gasteiger partial charge on any atom is -0.380 e. The average molecular weight is 286 g/mol. The van der Waals surface area contributed by atoms with Crippen molar-refractivity contribution in [3.63, 3.8) is 0 Å². The smallest absolute Gasteiger partial charge is 0.0926 e. The molecule has 2 saturated heterocycles. The van der Waals surface area contributed by atoms with Gasteiger partial charge in [-0.05, 0) is 31.0 Å². The van der Waals surface area contributed by atoms with Gasteiger partial charge in [-0.25, -0.2) is 0 Å². The van der Waals surface area contributed by atoms with Crippen molar-refractivity contribution in [2.24, 2.45) is 0 Å². The summed E-state index contributed by atoms with van der Waals surface area (Å²) >= 11 is 0. The Bertz CT molecular complexity index is 668. The molecule has 0 amide bonds. The van der Waals surface area contributed by atoms with Crippen molar-refractivity contribution in [2.45, 2.75) is 19.8 Å². The standard InChI is InChI=1S/C16H22N4O/c1-11-3-4-14-15(12(11)2)16(13-9-21-10-13)18-20(14)19-7-5-17-6-8-19/h3-4,13,17H,5-10H2,1-2H3. The maximum Gasteiger partial charge on any atom is 0.0926 e. The Labute approximate surface area is 124 Å². The number of rotatable bonds is 2. The van der Waals surface area contributed by atoms with Crippen molar-refractivity contribution in [2.75, 3.05) is 44.4 Å². The quantitative estimate of drug-likeness (QED) is 0.904. The highest BCUT2D eigenvalue weighted by atomic mass is 16.5. The Hall–Kier alpha value is -1.59. The van der Waals surface area contributed by atoms with E-state index in [1.54, 1.807) is 0 Å². The van der Waals surface area contributed by atoms with Crippen molar-refractivity contribution < 1.29 is 4.74 Å². The van der Waals surface area contributed by atoms with Gasteiger partial charge in [0, 0.05) is 31.6 Å². The molecule has 5 nitrogen and oxygen atoms in total. The monoisotopic (exact) mass is 286 g/mol. The highest BCUT2D eigenvalue weighted by Crippen LogP contribution is 2.33. The van der Waals surface area contributed by atoms with Gasteiger partial charge in [-0.1, -0.05) is 6.07 Å². The molecule has 0 aliphatic carbocycles. The van der Waals surface area contributed by atoms with E-state index < -0.39 is 0 Å². The van der Waals surface area contributed by atoms with E-state index in [0.717, 1.165) is 39.4 Å². The first-order valence-electron chi connectivity index (χ1n) is 7.78. The first kappa shape index (κ1) is 13.1. The van der Waals surface area contributed by atoms with Crippen LogP contribution in [0.5, 0.6) is 0 Å². The number of benzene rings is 1. The number of fused-ring (bicyclic) bond motifs is 1. The van der Waals surface area contributed by atoms with E-state index in [2.05, 4.69) is 41.1 Å². The minimum absolute atomic E-state index is 0.456. The Morgan fingerprint density at radius 2 is 1.95 bits per heavy atom. The lowest BCUT2D eigenvalue weighted by Crippen LogP contribution is -2.49. The lowest BCUT2D eigenvalue weighted by atomic mass is 9.96. The van der Waals surface area contributed by atoms with Gasteiger partial charge in [-0.15, -0.1) is 0 Å². The third-order valence-corrected chi connectivity index (χ3v) is 4.77. The van der Waals surface area contributed by atoms with Crippen LogP contribution in [0.15, 0.2) is 12.1 Å². The van der Waals surface area contributed by atoms with Crippen LogP contribution in [0.4, 0.5) is 0 Å². The number of aryl methyl sites for hydroxylation is 2. The van der Waals surface area contributed by atoms with Gasteiger partial charge in [0.25, 0.3) is 0 Å². The van der Waals surface area contributed by atoms with E-state index in [0.29, 0.717) is 5.92 Å². The Kier molecular flexibility index (Phi) is 3.12. The molecule has 0 bridgehead atoms. The van der Waals surface area contributed by atoms with E-state index >= 15 is 0 Å². The number of hydrogen-bond acceptors (Lipinski definition) is 4. The van der Waals surface area contributed by atoms with Gasteiger partial charge in [0.2, 0.25) is 0 Å². The van der Waals surface area contributed by atoms with Gasteiger partial charge in [0.05, 0.1) is 30.3 Å². The van der Waals surface area contributed by atoms with Gasteiger partial charge in [0.1, 0.15) is 0 Å². The van der Waals surface area contributed by atoms with Crippen LogP contribution in [0.2, 0.25) is 0 Å². The van der Waals surface area contributed by atoms with Crippen LogP contribution in [-0.2, 0) is 4.74 Å². The maximum atomic E-state index is 5.39. The number of aromatic nitrogens is 2. The maximum absolute atomic E-state index is 5.39. The van der Waals surface area contributed by atoms with Crippen LogP contribution in [0.1, 0.15) is 22.7 Å². The van der Waals surface area contributed by atoms with Crippen molar-refractivity contribution in [1.29, 1.82) is 0 Å². The molecular weight excluding hydrogens is 264 g/mol. The first-order chi connectivity index (χ1) is 10.3. The predicted octanol–water partition coefficient (Wildman–Crippen LogP) is 1.31. The molecule has 2 aliphatic rings. The van der Waals surface area contributed by atoms with E-state index in [9.17, 15) is 0 Å². The summed E-state index contributed by atoms with van der Waals surface area (Å²) in [6.45, 7) is 10.1. The number of piperazine rings is 1. The van der Waals surface area contributed by atoms with Crippen molar-refractivity contribution in [3.8, 4) is 0 Å². The van der Waals surface area contributed by atoms with E-state index in [4.69, 9.17) is 9.84 Å². The third-order valence-electron chi connectivity index (χ3n) is 4.77. The fourth-order valence-corrected chi connectivity index (χ4v) is 3.23. The molecule has 112 valence electrons. The molecule has 1 N–H and O–H groups in total. The third kappa shape index (κ3) is 2.03. The summed E-state index contributed by atoms with van der Waals surface area (Å²) in [6, 6.07) is 4.43. The molecule has 0 radical (unpaired) electrons. The minimum atomic E-state index is 0.456. The molecule has 0 atom stereocenters. The molecule has 0 saturated carbocycles. The topological polar surface area (TPSA) is 42.3 Å². The highest BCUT2D eigenvalue weighted by molar-refractivity contribution is 5.87. The average Bonchev–Trinajstić information content (AvgIpc) is 2.82. The molecule has 2 aromatic rings. The number of nitrogens with one attached hydrogen (secondary N) is 1. The van der Waals surface area contributed by atoms with Gasteiger partial charge in [-0.2, -0.15) is 9.89 Å². The van der Waals surface area contributed by atoms with E-state index in [-0.39, 0.29) is 0 Å². The summed E-state index contributed by atoms with van der Waals surface area (Å²) in [7, 11) is 0. The largest absolute Gasteiger partial charge is 0.380 e. The molecule has 5 heteroatoms. The molecule has 4 rings (SSSR count). The first-order valence-corrected chi connectivity index (χ1v) is 7.78. The summed E-state index contributed by atoms with van der Waals surface area (Å²) in [5.74, 6) is 0.456. The van der Waals surface area contributed by atoms with Gasteiger partial charge >= 0.3 is 0 Å². The predicted molar refractivity (Wildman–Crippen MR) is 83.6 cm³/mol. The van der Waals surface area contributed by atoms with Gasteiger partial charge < -0.3 is 10.1 Å². The zero-order chi connectivity index (χ0) is 14.4. The molecule has 3 heterocycles. The van der Waals surface area contributed by atoms with Crippen LogP contribution >= 0.6 is 0 Å². The molecule has 1 aromatic carbocycles. The fraction of sp³-hybridized carbons (Fsp3) is 0.562. The Morgan fingerprint density at radius 3 is 2.62 bits per heavy atom. The lowest BCUT2D eigenvalue weighted by molar-refractivity contribution is 0.00698. The fourth-order valence-electron chi connectivity index (χ4n) is 3.23.